The van der Waals surface area contributed by atoms with Gasteiger partial charge in [-0.05, 0) is 23.8 Å². The van der Waals surface area contributed by atoms with Gasteiger partial charge in [-0.25, -0.2) is 4.79 Å². The number of nitrogens with one attached hydrogen (secondary N) is 2. The maximum Gasteiger partial charge on any atom is 0.319 e. The molecule has 3 aromatic heterocycles. The highest BCUT2D eigenvalue weighted by atomic mass is 16.2. The number of aromatic nitrogens is 4. The molecule has 1 aromatic carbocycles. The van der Waals surface area contributed by atoms with E-state index in [1.165, 1.54) is 0 Å². The fourth-order valence-electron chi connectivity index (χ4n) is 2.93. The number of anilines is 1. The normalized spacial score (nSPS) is 10.7. The summed E-state index contributed by atoms with van der Waals surface area (Å²) in [5.41, 5.74) is 4.06. The first-order valence-electron chi connectivity index (χ1n) is 8.52. The van der Waals surface area contributed by atoms with Crippen molar-refractivity contribution in [2.75, 3.05) is 5.32 Å². The van der Waals surface area contributed by atoms with Gasteiger partial charge < -0.3 is 10.6 Å². The zero-order valence-corrected chi connectivity index (χ0v) is 14.8. The van der Waals surface area contributed by atoms with E-state index >= 15 is 0 Å². The van der Waals surface area contributed by atoms with Crippen molar-refractivity contribution >= 4 is 22.6 Å². The number of amides is 2. The molecule has 2 amide bonds. The summed E-state index contributed by atoms with van der Waals surface area (Å²) < 4.78 is 1.72. The van der Waals surface area contributed by atoms with Crippen LogP contribution in [0.15, 0.2) is 67.3 Å². The number of aryl methyl sites for hydroxylation is 1. The summed E-state index contributed by atoms with van der Waals surface area (Å²) >= 11 is 0. The highest BCUT2D eigenvalue weighted by molar-refractivity contribution is 5.99. The molecule has 3 heterocycles. The number of rotatable bonds is 4. The molecule has 4 rings (SSSR count). The average Bonchev–Trinajstić information content (AvgIpc) is 3.13. The van der Waals surface area contributed by atoms with E-state index in [-0.39, 0.29) is 6.03 Å². The van der Waals surface area contributed by atoms with Crippen LogP contribution in [0.3, 0.4) is 0 Å². The molecule has 7 heteroatoms. The predicted molar refractivity (Wildman–Crippen MR) is 104 cm³/mol. The van der Waals surface area contributed by atoms with Crippen LogP contribution in [0, 0.1) is 0 Å². The number of urea groups is 1. The molecule has 2 N–H and O–H groups in total. The molecule has 0 spiro atoms. The Bertz CT molecular complexity index is 1100. The van der Waals surface area contributed by atoms with Gasteiger partial charge in [0.05, 0.1) is 23.1 Å². The van der Waals surface area contributed by atoms with Crippen molar-refractivity contribution in [1.82, 2.24) is 25.1 Å². The van der Waals surface area contributed by atoms with Gasteiger partial charge in [-0.3, -0.25) is 14.6 Å². The Balaban J connectivity index is 1.49. The van der Waals surface area contributed by atoms with Gasteiger partial charge in [-0.1, -0.05) is 24.3 Å². The Morgan fingerprint density at radius 3 is 2.74 bits per heavy atom. The Morgan fingerprint density at radius 2 is 1.89 bits per heavy atom. The maximum absolute atomic E-state index is 12.4. The number of carbonyl (C=O) groups excluding carboxylic acids is 1. The van der Waals surface area contributed by atoms with Gasteiger partial charge in [0.15, 0.2) is 0 Å². The lowest BCUT2D eigenvalue weighted by Gasteiger charge is -2.11. The van der Waals surface area contributed by atoms with Crippen LogP contribution in [0.25, 0.3) is 22.2 Å². The number of hydrogen-bond acceptors (Lipinski definition) is 4. The molecule has 4 aromatic rings. The number of pyridine rings is 2. The van der Waals surface area contributed by atoms with Crippen LogP contribution in [-0.4, -0.2) is 25.8 Å². The molecule has 0 unspecified atom stereocenters. The second-order valence-electron chi connectivity index (χ2n) is 6.10. The van der Waals surface area contributed by atoms with E-state index in [1.54, 1.807) is 23.3 Å². The fourth-order valence-corrected chi connectivity index (χ4v) is 2.93. The second kappa shape index (κ2) is 7.25. The predicted octanol–water partition coefficient (Wildman–Crippen LogP) is 3.35. The summed E-state index contributed by atoms with van der Waals surface area (Å²) in [6.45, 7) is 0.349. The van der Waals surface area contributed by atoms with E-state index in [4.69, 9.17) is 0 Å². The van der Waals surface area contributed by atoms with Crippen molar-refractivity contribution < 1.29 is 4.79 Å². The van der Waals surface area contributed by atoms with E-state index in [9.17, 15) is 4.79 Å². The van der Waals surface area contributed by atoms with E-state index in [1.807, 2.05) is 55.7 Å². The van der Waals surface area contributed by atoms with Crippen LogP contribution in [0.1, 0.15) is 5.56 Å². The number of nitrogens with zero attached hydrogens (tertiary/aromatic N) is 4. The molecule has 0 radical (unpaired) electrons. The standard InChI is InChI=1S/C20H18N6O/c1-26-13-16(12-24-26)18-15(7-4-9-21-18)11-23-20(27)25-17-8-2-5-14-6-3-10-22-19(14)17/h2-10,12-13H,11H2,1H3,(H2,23,25,27). The van der Waals surface area contributed by atoms with Crippen LogP contribution < -0.4 is 10.6 Å². The topological polar surface area (TPSA) is 84.7 Å². The van der Waals surface area contributed by atoms with E-state index in [0.717, 1.165) is 27.7 Å². The molecule has 134 valence electrons. The summed E-state index contributed by atoms with van der Waals surface area (Å²) in [5, 5.41) is 10.9. The first-order chi connectivity index (χ1) is 13.2. The first kappa shape index (κ1) is 16.7. The van der Waals surface area contributed by atoms with Gasteiger partial charge in [-0.15, -0.1) is 0 Å². The van der Waals surface area contributed by atoms with E-state index < -0.39 is 0 Å². The van der Waals surface area contributed by atoms with Crippen molar-refractivity contribution in [3.05, 3.63) is 72.8 Å². The molecule has 27 heavy (non-hydrogen) atoms. The summed E-state index contributed by atoms with van der Waals surface area (Å²) in [5.74, 6) is 0. The Hall–Kier alpha value is -3.74. The maximum atomic E-state index is 12.4. The summed E-state index contributed by atoms with van der Waals surface area (Å²) in [7, 11) is 1.86. The Labute approximate surface area is 156 Å². The molecular formula is C20H18N6O. The van der Waals surface area contributed by atoms with Gasteiger partial charge in [0, 0.05) is 43.1 Å². The summed E-state index contributed by atoms with van der Waals surface area (Å²) in [6, 6.07) is 13.0. The molecular weight excluding hydrogens is 340 g/mol. The molecule has 0 aliphatic carbocycles. The number of benzene rings is 1. The lowest BCUT2D eigenvalue weighted by molar-refractivity contribution is 0.252. The second-order valence-corrected chi connectivity index (χ2v) is 6.10. The molecule has 7 nitrogen and oxygen atoms in total. The van der Waals surface area contributed by atoms with Crippen molar-refractivity contribution in [3.8, 4) is 11.3 Å². The van der Waals surface area contributed by atoms with Crippen LogP contribution in [0.5, 0.6) is 0 Å². The highest BCUT2D eigenvalue weighted by Crippen LogP contribution is 2.21. The zero-order valence-electron chi connectivity index (χ0n) is 14.8. The van der Waals surface area contributed by atoms with E-state index in [0.29, 0.717) is 12.2 Å². The largest absolute Gasteiger partial charge is 0.334 e. The van der Waals surface area contributed by atoms with Crippen LogP contribution >= 0.6 is 0 Å². The number of para-hydroxylation sites is 1. The molecule has 0 saturated carbocycles. The highest BCUT2D eigenvalue weighted by Gasteiger charge is 2.10. The van der Waals surface area contributed by atoms with Gasteiger partial charge in [-0.2, -0.15) is 5.10 Å². The zero-order chi connectivity index (χ0) is 18.6. The minimum Gasteiger partial charge on any atom is -0.334 e. The smallest absolute Gasteiger partial charge is 0.319 e. The monoisotopic (exact) mass is 358 g/mol. The van der Waals surface area contributed by atoms with Gasteiger partial charge in [0.1, 0.15) is 0 Å². The Kier molecular flexibility index (Phi) is 4.49. The number of hydrogen-bond donors (Lipinski definition) is 2. The molecule has 0 atom stereocenters. The summed E-state index contributed by atoms with van der Waals surface area (Å²) in [6.07, 6.45) is 7.09. The number of carbonyl (C=O) groups is 1. The Morgan fingerprint density at radius 1 is 1.07 bits per heavy atom. The summed E-state index contributed by atoms with van der Waals surface area (Å²) in [4.78, 5) is 21.2. The minimum atomic E-state index is -0.297. The fraction of sp³-hybridized carbons (Fsp3) is 0.100. The average molecular weight is 358 g/mol. The third-order valence-corrected chi connectivity index (χ3v) is 4.19. The quantitative estimate of drug-likeness (QED) is 0.586. The van der Waals surface area contributed by atoms with Gasteiger partial charge in [0.2, 0.25) is 0 Å². The van der Waals surface area contributed by atoms with E-state index in [2.05, 4.69) is 25.7 Å². The molecule has 0 aliphatic rings. The SMILES string of the molecule is Cn1cc(-c2ncccc2CNC(=O)Nc2cccc3cccnc23)cn1. The number of fused-ring (bicyclic) bond motifs is 1. The molecule has 0 aliphatic heterocycles. The molecule has 0 saturated heterocycles. The van der Waals surface area contributed by atoms with Crippen molar-refractivity contribution in [3.63, 3.8) is 0 Å². The van der Waals surface area contributed by atoms with Crippen LogP contribution in [0.4, 0.5) is 10.5 Å². The van der Waals surface area contributed by atoms with Crippen LogP contribution in [-0.2, 0) is 13.6 Å². The third-order valence-electron chi connectivity index (χ3n) is 4.19. The molecule has 0 bridgehead atoms. The van der Waals surface area contributed by atoms with Crippen molar-refractivity contribution in [2.45, 2.75) is 6.54 Å². The van der Waals surface area contributed by atoms with Crippen LogP contribution in [0.2, 0.25) is 0 Å². The minimum absolute atomic E-state index is 0.297. The van der Waals surface area contributed by atoms with Gasteiger partial charge >= 0.3 is 6.03 Å². The van der Waals surface area contributed by atoms with Crippen molar-refractivity contribution in [2.24, 2.45) is 7.05 Å². The van der Waals surface area contributed by atoms with Gasteiger partial charge in [0.25, 0.3) is 0 Å². The first-order valence-corrected chi connectivity index (χ1v) is 8.52. The third kappa shape index (κ3) is 3.62. The molecule has 0 fully saturated rings. The van der Waals surface area contributed by atoms with Crippen molar-refractivity contribution in [1.29, 1.82) is 0 Å². The lowest BCUT2D eigenvalue weighted by Crippen LogP contribution is -2.28. The lowest BCUT2D eigenvalue weighted by atomic mass is 10.1.